The van der Waals surface area contributed by atoms with Crippen molar-refractivity contribution in [1.82, 2.24) is 0 Å². The van der Waals surface area contributed by atoms with E-state index in [-0.39, 0.29) is 0 Å². The van der Waals surface area contributed by atoms with Gasteiger partial charge in [0.15, 0.2) is 0 Å². The van der Waals surface area contributed by atoms with Crippen molar-refractivity contribution >= 4 is 27.5 Å². The molecule has 20 heavy (non-hydrogen) atoms. The van der Waals surface area contributed by atoms with Crippen LogP contribution in [-0.4, -0.2) is 16.1 Å². The molecule has 0 aromatic carbocycles. The standard InChI is InChI=1S/C10H8BrClF6N2/c11-10(17,18)8(12,13)3-1-7(5-19,6-20)2-4-9(14,15)16/h1-4H2. The van der Waals surface area contributed by atoms with Crippen LogP contribution >= 0.6 is 27.5 Å². The molecule has 10 heteroatoms. The Morgan fingerprint density at radius 1 is 0.850 bits per heavy atom. The van der Waals surface area contributed by atoms with Crippen LogP contribution in [0.15, 0.2) is 0 Å². The minimum absolute atomic E-state index is 0.850. The van der Waals surface area contributed by atoms with Crippen molar-refractivity contribution in [3.63, 3.8) is 0 Å². The first-order valence-electron chi connectivity index (χ1n) is 5.12. The molecule has 0 aliphatic carbocycles. The minimum Gasteiger partial charge on any atom is -0.218 e. The van der Waals surface area contributed by atoms with Gasteiger partial charge in [0.25, 0.3) is 5.13 Å². The molecule has 0 radical (unpaired) electrons. The van der Waals surface area contributed by atoms with Crippen molar-refractivity contribution in [1.29, 1.82) is 10.5 Å². The van der Waals surface area contributed by atoms with Gasteiger partial charge in [0.2, 0.25) is 0 Å². The van der Waals surface area contributed by atoms with Crippen molar-refractivity contribution in [3.05, 3.63) is 0 Å². The van der Waals surface area contributed by atoms with E-state index >= 15 is 0 Å². The molecule has 0 aliphatic heterocycles. The summed E-state index contributed by atoms with van der Waals surface area (Å²) >= 11 is 6.61. The average molecular weight is 386 g/mol. The van der Waals surface area contributed by atoms with E-state index in [0.29, 0.717) is 0 Å². The first-order valence-corrected chi connectivity index (χ1v) is 6.29. The first-order chi connectivity index (χ1) is 8.79. The number of nitriles is 2. The van der Waals surface area contributed by atoms with Gasteiger partial charge >= 0.3 is 11.0 Å². The first kappa shape index (κ1) is 19.3. The lowest BCUT2D eigenvalue weighted by molar-refractivity contribution is -0.138. The van der Waals surface area contributed by atoms with Crippen LogP contribution in [0.1, 0.15) is 25.7 Å². The van der Waals surface area contributed by atoms with Crippen molar-refractivity contribution in [3.8, 4) is 12.1 Å². The fraction of sp³-hybridized carbons (Fsp3) is 0.800. The van der Waals surface area contributed by atoms with Crippen LogP contribution in [0.3, 0.4) is 0 Å². The molecule has 1 atom stereocenters. The minimum atomic E-state index is -4.62. The van der Waals surface area contributed by atoms with Gasteiger partial charge in [-0.2, -0.15) is 32.5 Å². The Hall–Kier alpha value is -0.670. The summed E-state index contributed by atoms with van der Waals surface area (Å²) in [6, 6.07) is 2.63. The van der Waals surface area contributed by atoms with E-state index in [4.69, 9.17) is 22.1 Å². The van der Waals surface area contributed by atoms with E-state index in [2.05, 4.69) is 0 Å². The molecule has 0 aromatic heterocycles. The smallest absolute Gasteiger partial charge is 0.218 e. The van der Waals surface area contributed by atoms with Gasteiger partial charge in [0.1, 0.15) is 5.41 Å². The zero-order valence-electron chi connectivity index (χ0n) is 9.75. The van der Waals surface area contributed by atoms with E-state index in [0.717, 1.165) is 0 Å². The van der Waals surface area contributed by atoms with Gasteiger partial charge < -0.3 is 0 Å². The Bertz CT molecular complexity index is 403. The molecule has 0 aromatic rings. The van der Waals surface area contributed by atoms with E-state index < -0.39 is 47.2 Å². The monoisotopic (exact) mass is 384 g/mol. The molecule has 2 nitrogen and oxygen atoms in total. The second-order valence-electron chi connectivity index (χ2n) is 4.12. The number of nitrogens with zero attached hydrogens (tertiary/aromatic N) is 2. The van der Waals surface area contributed by atoms with Crippen LogP contribution in [0.4, 0.5) is 26.3 Å². The summed E-state index contributed by atoms with van der Waals surface area (Å²) in [5.41, 5.74) is -2.22. The zero-order valence-corrected chi connectivity index (χ0v) is 12.1. The van der Waals surface area contributed by atoms with Gasteiger partial charge in [0, 0.05) is 12.8 Å². The fourth-order valence-electron chi connectivity index (χ4n) is 1.24. The van der Waals surface area contributed by atoms with Crippen molar-refractivity contribution in [2.24, 2.45) is 5.41 Å². The predicted molar refractivity (Wildman–Crippen MR) is 61.7 cm³/mol. The highest BCUT2D eigenvalue weighted by Crippen LogP contribution is 2.46. The molecular weight excluding hydrogens is 377 g/mol. The van der Waals surface area contributed by atoms with Crippen LogP contribution in [0, 0.1) is 28.1 Å². The summed E-state index contributed by atoms with van der Waals surface area (Å²) < 4.78 is 75.1. The molecule has 0 saturated heterocycles. The normalized spacial score (nSPS) is 16.1. The fourth-order valence-corrected chi connectivity index (χ4v) is 1.53. The molecule has 0 N–H and O–H groups in total. The summed E-state index contributed by atoms with van der Waals surface area (Å²) in [6.45, 7) is 0. The van der Waals surface area contributed by atoms with Gasteiger partial charge in [-0.05, 0) is 28.8 Å². The topological polar surface area (TPSA) is 47.6 Å². The van der Waals surface area contributed by atoms with Crippen LogP contribution in [0.2, 0.25) is 0 Å². The maximum absolute atomic E-state index is 13.4. The molecule has 0 heterocycles. The number of hydrogen-bond donors (Lipinski definition) is 0. The van der Waals surface area contributed by atoms with Crippen LogP contribution in [0.25, 0.3) is 0 Å². The Morgan fingerprint density at radius 2 is 1.25 bits per heavy atom. The molecule has 0 saturated carbocycles. The summed E-state index contributed by atoms with van der Waals surface area (Å²) in [4.78, 5) is -4.14. The van der Waals surface area contributed by atoms with E-state index in [1.165, 1.54) is 12.1 Å². The summed E-state index contributed by atoms with van der Waals surface area (Å²) in [5.74, 6) is 0. The number of hydrogen-bond acceptors (Lipinski definition) is 2. The van der Waals surface area contributed by atoms with Gasteiger partial charge in [0.05, 0.1) is 12.1 Å². The Labute approximate surface area is 124 Å². The highest BCUT2D eigenvalue weighted by atomic mass is 79.9. The van der Waals surface area contributed by atoms with E-state index in [9.17, 15) is 26.3 Å². The lowest BCUT2D eigenvalue weighted by atomic mass is 9.81. The maximum Gasteiger partial charge on any atom is 0.389 e. The molecule has 114 valence electrons. The molecule has 0 rings (SSSR count). The third-order valence-corrected chi connectivity index (χ3v) is 3.83. The second kappa shape index (κ2) is 6.40. The van der Waals surface area contributed by atoms with Crippen LogP contribution < -0.4 is 0 Å². The predicted octanol–water partition coefficient (Wildman–Crippen LogP) is 5.03. The molecular formula is C10H8BrClF6N2. The third kappa shape index (κ3) is 5.76. The van der Waals surface area contributed by atoms with Crippen LogP contribution in [-0.2, 0) is 0 Å². The maximum atomic E-state index is 13.4. The quantitative estimate of drug-likeness (QED) is 0.475. The Kier molecular flexibility index (Phi) is 6.18. The summed E-state index contributed by atoms with van der Waals surface area (Å²) in [6.07, 6.45) is -9.03. The Balaban J connectivity index is 4.90. The summed E-state index contributed by atoms with van der Waals surface area (Å²) in [5, 5.41) is 13.9. The third-order valence-electron chi connectivity index (χ3n) is 2.54. The lowest BCUT2D eigenvalue weighted by Crippen LogP contribution is -2.35. The molecule has 0 fully saturated rings. The van der Waals surface area contributed by atoms with Gasteiger partial charge in [-0.1, -0.05) is 11.6 Å². The van der Waals surface area contributed by atoms with Gasteiger partial charge in [-0.25, -0.2) is 4.39 Å². The van der Waals surface area contributed by atoms with Crippen LogP contribution in [0.5, 0.6) is 0 Å². The lowest BCUT2D eigenvalue weighted by Gasteiger charge is -2.26. The molecule has 0 amide bonds. The van der Waals surface area contributed by atoms with Crippen molar-refractivity contribution in [2.45, 2.75) is 41.8 Å². The highest BCUT2D eigenvalue weighted by Gasteiger charge is 2.53. The SMILES string of the molecule is N#CC(C#N)(CCC(F)(F)F)CCC(F)(Cl)C(F)(F)Br. The van der Waals surface area contributed by atoms with E-state index in [1.54, 1.807) is 15.9 Å². The largest absolute Gasteiger partial charge is 0.389 e. The molecule has 0 spiro atoms. The van der Waals surface area contributed by atoms with Crippen molar-refractivity contribution in [2.75, 3.05) is 0 Å². The average Bonchev–Trinajstić information content (AvgIpc) is 2.27. The van der Waals surface area contributed by atoms with Gasteiger partial charge in [-0.15, -0.1) is 0 Å². The zero-order chi connectivity index (χ0) is 16.2. The number of halogens is 8. The Morgan fingerprint density at radius 3 is 1.55 bits per heavy atom. The highest BCUT2D eigenvalue weighted by molar-refractivity contribution is 9.10. The van der Waals surface area contributed by atoms with Gasteiger partial charge in [-0.3, -0.25) is 0 Å². The van der Waals surface area contributed by atoms with Crippen molar-refractivity contribution < 1.29 is 26.3 Å². The van der Waals surface area contributed by atoms with E-state index in [1.807, 2.05) is 0 Å². The molecule has 0 aliphatic rings. The number of alkyl halides is 8. The molecule has 1 unspecified atom stereocenters. The molecule has 0 bridgehead atoms. The second-order valence-corrected chi connectivity index (χ2v) is 5.72. The number of rotatable bonds is 6. The summed E-state index contributed by atoms with van der Waals surface area (Å²) in [7, 11) is 0.